The molecule has 0 bridgehead atoms. The van der Waals surface area contributed by atoms with E-state index >= 15 is 0 Å². The van der Waals surface area contributed by atoms with Gasteiger partial charge in [0.1, 0.15) is 5.56 Å². The van der Waals surface area contributed by atoms with Crippen molar-refractivity contribution in [1.82, 2.24) is 20.2 Å². The molecule has 0 amide bonds. The molecule has 0 aliphatic heterocycles. The van der Waals surface area contributed by atoms with Gasteiger partial charge in [0.2, 0.25) is 5.89 Å². The van der Waals surface area contributed by atoms with Crippen LogP contribution in [0, 0.1) is 10.1 Å². The highest BCUT2D eigenvalue weighted by atomic mass is 35.5. The third-order valence-corrected chi connectivity index (χ3v) is 7.69. The Morgan fingerprint density at radius 3 is 1.95 bits per heavy atom. The molecule has 0 saturated carbocycles. The number of H-pyrrole nitrogens is 2. The first kappa shape index (κ1) is 25.1. The van der Waals surface area contributed by atoms with Crippen LogP contribution >= 0.6 is 23.2 Å². The molecule has 41 heavy (non-hydrogen) atoms. The first-order valence-electron chi connectivity index (χ1n) is 12.7. The number of halogens is 2. The maximum Gasteiger partial charge on any atom is 0.282 e. The molecule has 7 aromatic rings. The average molecular weight is 580 g/mol. The Hall–Kier alpha value is -4.92. The smallest absolute Gasteiger partial charge is 0.282 e. The Morgan fingerprint density at radius 1 is 0.756 bits per heavy atom. The van der Waals surface area contributed by atoms with E-state index < -0.39 is 4.92 Å². The van der Waals surface area contributed by atoms with Crippen molar-refractivity contribution in [2.24, 2.45) is 0 Å². The normalized spacial score (nSPS) is 11.6. The van der Waals surface area contributed by atoms with Crippen molar-refractivity contribution in [2.75, 3.05) is 0 Å². The molecular formula is C31H19Cl2N5O3. The van der Waals surface area contributed by atoms with Crippen LogP contribution < -0.4 is 0 Å². The quantitative estimate of drug-likeness (QED) is 0.151. The summed E-state index contributed by atoms with van der Waals surface area (Å²) in [7, 11) is 0. The van der Waals surface area contributed by atoms with Crippen LogP contribution in [0.2, 0.25) is 10.0 Å². The van der Waals surface area contributed by atoms with Gasteiger partial charge in [-0.2, -0.15) is 0 Å². The summed E-state index contributed by atoms with van der Waals surface area (Å²) in [4.78, 5) is 17.8. The second-order valence-electron chi connectivity index (χ2n) is 9.61. The first-order valence-corrected chi connectivity index (χ1v) is 13.4. The van der Waals surface area contributed by atoms with Crippen molar-refractivity contribution in [3.8, 4) is 22.9 Å². The van der Waals surface area contributed by atoms with Crippen molar-refractivity contribution in [2.45, 2.75) is 5.92 Å². The maximum absolute atomic E-state index is 11.5. The topological polar surface area (TPSA) is 114 Å². The van der Waals surface area contributed by atoms with Crippen molar-refractivity contribution in [3.63, 3.8) is 0 Å². The van der Waals surface area contributed by atoms with Crippen molar-refractivity contribution >= 4 is 50.7 Å². The average Bonchev–Trinajstić information content (AvgIpc) is 3.73. The SMILES string of the molecule is O=[N+]([O-])c1ccccc1-c1nnc(-c2ccc(C(c3c[nH]c4ccc(Cl)cc34)c3c[nH]c4ccc(Cl)cc34)cc2)o1. The molecule has 0 spiro atoms. The number of nitrogens with one attached hydrogen (secondary N) is 2. The summed E-state index contributed by atoms with van der Waals surface area (Å²) >= 11 is 12.8. The lowest BCUT2D eigenvalue weighted by Gasteiger charge is -2.18. The first-order chi connectivity index (χ1) is 20.0. The van der Waals surface area contributed by atoms with Gasteiger partial charge >= 0.3 is 0 Å². The van der Waals surface area contributed by atoms with Gasteiger partial charge in [0.25, 0.3) is 11.6 Å². The summed E-state index contributed by atoms with van der Waals surface area (Å²) in [5, 5.41) is 23.1. The number of nitrogens with zero attached hydrogens (tertiary/aromatic N) is 3. The van der Waals surface area contributed by atoms with E-state index in [2.05, 4.69) is 20.2 Å². The molecule has 0 aliphatic rings. The van der Waals surface area contributed by atoms with E-state index in [9.17, 15) is 10.1 Å². The van der Waals surface area contributed by atoms with Gasteiger partial charge in [0, 0.05) is 61.8 Å². The summed E-state index contributed by atoms with van der Waals surface area (Å²) in [6, 6.07) is 25.7. The van der Waals surface area contributed by atoms with Crippen molar-refractivity contribution < 1.29 is 9.34 Å². The third-order valence-electron chi connectivity index (χ3n) is 7.22. The number of benzene rings is 4. The Bertz CT molecular complexity index is 2000. The fraction of sp³-hybridized carbons (Fsp3) is 0.0323. The number of rotatable bonds is 6. The molecule has 0 fully saturated rings. The van der Waals surface area contributed by atoms with Gasteiger partial charge in [-0.25, -0.2) is 0 Å². The predicted molar refractivity (Wildman–Crippen MR) is 159 cm³/mol. The number of fused-ring (bicyclic) bond motifs is 2. The lowest BCUT2D eigenvalue weighted by Crippen LogP contribution is -2.02. The summed E-state index contributed by atoms with van der Waals surface area (Å²) in [5.41, 5.74) is 5.97. The lowest BCUT2D eigenvalue weighted by molar-refractivity contribution is -0.384. The zero-order chi connectivity index (χ0) is 28.1. The van der Waals surface area contributed by atoms with E-state index in [0.29, 0.717) is 15.6 Å². The highest BCUT2D eigenvalue weighted by Crippen LogP contribution is 2.41. The highest BCUT2D eigenvalue weighted by molar-refractivity contribution is 6.31. The van der Waals surface area contributed by atoms with Gasteiger partial charge in [-0.3, -0.25) is 10.1 Å². The molecule has 0 saturated heterocycles. The molecule has 0 atom stereocenters. The fourth-order valence-corrected chi connectivity index (χ4v) is 5.66. The van der Waals surface area contributed by atoms with Crippen LogP contribution in [0.4, 0.5) is 5.69 Å². The van der Waals surface area contributed by atoms with E-state index in [1.165, 1.54) is 6.07 Å². The van der Waals surface area contributed by atoms with E-state index in [1.54, 1.807) is 18.2 Å². The number of nitro benzene ring substituents is 1. The molecule has 4 aromatic carbocycles. The third kappa shape index (κ3) is 4.43. The number of hydrogen-bond donors (Lipinski definition) is 2. The van der Waals surface area contributed by atoms with Gasteiger partial charge in [-0.05, 0) is 71.3 Å². The molecule has 200 valence electrons. The number of nitro groups is 1. The van der Waals surface area contributed by atoms with Crippen molar-refractivity contribution in [1.29, 1.82) is 0 Å². The minimum atomic E-state index is -0.468. The molecule has 2 N–H and O–H groups in total. The minimum absolute atomic E-state index is 0.0839. The molecular weight excluding hydrogens is 561 g/mol. The Balaban J connectivity index is 1.32. The van der Waals surface area contributed by atoms with E-state index in [0.717, 1.165) is 38.5 Å². The van der Waals surface area contributed by atoms with E-state index in [1.807, 2.05) is 73.1 Å². The Morgan fingerprint density at radius 2 is 1.34 bits per heavy atom. The van der Waals surface area contributed by atoms with Crippen LogP contribution in [-0.4, -0.2) is 25.1 Å². The zero-order valence-corrected chi connectivity index (χ0v) is 22.6. The monoisotopic (exact) mass is 579 g/mol. The summed E-state index contributed by atoms with van der Waals surface area (Å²) in [6.45, 7) is 0. The molecule has 3 heterocycles. The fourth-order valence-electron chi connectivity index (χ4n) is 5.31. The van der Waals surface area contributed by atoms with E-state index in [4.69, 9.17) is 27.6 Å². The molecule has 0 aliphatic carbocycles. The van der Waals surface area contributed by atoms with Crippen LogP contribution in [-0.2, 0) is 0 Å². The number of aromatic nitrogens is 4. The van der Waals surface area contributed by atoms with Crippen LogP contribution in [0.25, 0.3) is 44.7 Å². The highest BCUT2D eigenvalue weighted by Gasteiger charge is 2.25. The number of hydrogen-bond acceptors (Lipinski definition) is 5. The van der Waals surface area contributed by atoms with Gasteiger partial charge in [-0.15, -0.1) is 10.2 Å². The molecule has 7 rings (SSSR count). The standard InChI is InChI=1S/C31H19Cl2N5O3/c32-19-9-11-26-22(13-19)24(15-34-26)29(25-16-35-27-12-10-20(33)14-23(25)27)17-5-7-18(8-6-17)30-36-37-31(41-30)21-3-1-2-4-28(21)38(39)40/h1-16,29,34-35H. The number of aromatic amines is 2. The summed E-state index contributed by atoms with van der Waals surface area (Å²) in [5.74, 6) is 0.188. The minimum Gasteiger partial charge on any atom is -0.416 e. The van der Waals surface area contributed by atoms with Gasteiger partial charge in [0.05, 0.1) is 4.92 Å². The van der Waals surface area contributed by atoms with Crippen LogP contribution in [0.1, 0.15) is 22.6 Å². The molecule has 8 nitrogen and oxygen atoms in total. The Kier molecular flexibility index (Phi) is 6.07. The van der Waals surface area contributed by atoms with E-state index in [-0.39, 0.29) is 29.0 Å². The molecule has 3 aromatic heterocycles. The Labute approximate surface area is 242 Å². The largest absolute Gasteiger partial charge is 0.416 e. The molecule has 0 unspecified atom stereocenters. The second kappa shape index (κ2) is 9.92. The number of para-hydroxylation sites is 1. The van der Waals surface area contributed by atoms with Crippen molar-refractivity contribution in [3.05, 3.63) is 134 Å². The van der Waals surface area contributed by atoms with Gasteiger partial charge < -0.3 is 14.4 Å². The maximum atomic E-state index is 11.5. The van der Waals surface area contributed by atoms with Crippen LogP contribution in [0.15, 0.2) is 102 Å². The van der Waals surface area contributed by atoms with Crippen LogP contribution in [0.3, 0.4) is 0 Å². The predicted octanol–water partition coefficient (Wildman–Crippen LogP) is 8.76. The van der Waals surface area contributed by atoms with Gasteiger partial charge in [0.15, 0.2) is 0 Å². The summed E-state index contributed by atoms with van der Waals surface area (Å²) < 4.78 is 5.87. The zero-order valence-electron chi connectivity index (χ0n) is 21.1. The van der Waals surface area contributed by atoms with Gasteiger partial charge in [-0.1, -0.05) is 47.5 Å². The lowest BCUT2D eigenvalue weighted by atomic mass is 9.84. The summed E-state index contributed by atoms with van der Waals surface area (Å²) in [6.07, 6.45) is 4.03. The molecule has 0 radical (unpaired) electrons. The second-order valence-corrected chi connectivity index (χ2v) is 10.5. The van der Waals surface area contributed by atoms with Crippen LogP contribution in [0.5, 0.6) is 0 Å². The molecule has 10 heteroatoms.